The van der Waals surface area contributed by atoms with Gasteiger partial charge in [0.25, 0.3) is 11.8 Å². The van der Waals surface area contributed by atoms with Gasteiger partial charge in [0.1, 0.15) is 46.4 Å². The molecule has 0 unspecified atom stereocenters. The monoisotopic (exact) mass is 1140 g/mol. The van der Waals surface area contributed by atoms with Gasteiger partial charge in [-0.05, 0) is 106 Å². The number of aliphatic hydroxyl groups excluding tert-OH is 2. The van der Waals surface area contributed by atoms with Crippen LogP contribution in [0, 0.1) is 11.8 Å². The smallest absolute Gasteiger partial charge is 0.408 e. The molecule has 0 aromatic heterocycles. The molecule has 436 valence electrons. The van der Waals surface area contributed by atoms with Crippen molar-refractivity contribution in [2.24, 2.45) is 11.8 Å². The predicted molar refractivity (Wildman–Crippen MR) is 275 cm³/mol. The van der Waals surface area contributed by atoms with Gasteiger partial charge in [-0.1, -0.05) is 24.3 Å². The third kappa shape index (κ3) is 15.5. The van der Waals surface area contributed by atoms with E-state index in [1.807, 2.05) is 6.08 Å². The maximum Gasteiger partial charge on any atom is 0.408 e. The topological polar surface area (TPSA) is 361 Å². The Hall–Kier alpha value is -5.42. The average Bonchev–Trinajstić information content (AvgIpc) is 4.16. The van der Waals surface area contributed by atoms with Gasteiger partial charge in [-0.2, -0.15) is 0 Å². The van der Waals surface area contributed by atoms with Gasteiger partial charge in [0, 0.05) is 51.0 Å². The van der Waals surface area contributed by atoms with Gasteiger partial charge in [-0.3, -0.25) is 38.2 Å². The Kier molecular flexibility index (Phi) is 18.3. The molecule has 6 fully saturated rings. The van der Waals surface area contributed by atoms with Gasteiger partial charge in [0.15, 0.2) is 0 Å². The third-order valence-corrected chi connectivity index (χ3v) is 18.0. The normalized spacial score (nSPS) is 33.0. The fourth-order valence-electron chi connectivity index (χ4n) is 9.80. The van der Waals surface area contributed by atoms with E-state index in [0.717, 1.165) is 4.90 Å². The molecule has 8 rings (SSSR count). The van der Waals surface area contributed by atoms with Crippen molar-refractivity contribution < 1.29 is 84.4 Å². The van der Waals surface area contributed by atoms with Crippen molar-refractivity contribution in [3.05, 3.63) is 24.3 Å². The number of carbonyl (C=O) groups is 8. The number of hydrogen-bond donors (Lipinski definition) is 8. The summed E-state index contributed by atoms with van der Waals surface area (Å²) in [5.74, 6) is -5.14. The average molecular weight is 1140 g/mol. The van der Waals surface area contributed by atoms with Crippen LogP contribution in [0.25, 0.3) is 0 Å². The zero-order valence-corrected chi connectivity index (χ0v) is 46.6. The van der Waals surface area contributed by atoms with Crippen LogP contribution in [-0.2, 0) is 67.8 Å². The molecule has 28 heteroatoms. The SMILES string of the molecule is CC(C)(C)OC(=O)N[C@H]1CCCOC/C=C\[C@@H]2C[C@@]2(C(=O)NS(=O)(=O)C2CC2)NC(=O)[C@@H]2C[C@@H](O)CN2C1=O.CC(C)(C)OC(=O)N[C@H]1COCCC/C=C\[C@@H]2C[C@@]2(C(=O)NS(=O)(=O)C2CC2)NC(=O)[C@@H]2C[C@@H](O)CN2C1=O. The van der Waals surface area contributed by atoms with Crippen molar-refractivity contribution >= 4 is 67.7 Å². The van der Waals surface area contributed by atoms with Gasteiger partial charge in [0.2, 0.25) is 43.7 Å². The molecule has 78 heavy (non-hydrogen) atoms. The van der Waals surface area contributed by atoms with Crippen LogP contribution >= 0.6 is 0 Å². The summed E-state index contributed by atoms with van der Waals surface area (Å²) in [6.45, 7) is 10.4. The first-order chi connectivity index (χ1) is 36.4. The Morgan fingerprint density at radius 2 is 1.08 bits per heavy atom. The molecule has 10 atom stereocenters. The van der Waals surface area contributed by atoms with Crippen LogP contribution in [0.2, 0.25) is 0 Å². The number of hydrogen-bond acceptors (Lipinski definition) is 18. The highest BCUT2D eigenvalue weighted by molar-refractivity contribution is 7.91. The van der Waals surface area contributed by atoms with Crippen LogP contribution in [0.3, 0.4) is 0 Å². The minimum Gasteiger partial charge on any atom is -0.444 e. The first-order valence-electron chi connectivity index (χ1n) is 26.6. The van der Waals surface area contributed by atoms with E-state index in [2.05, 4.69) is 30.7 Å². The molecule has 8 aliphatic rings. The molecule has 0 radical (unpaired) electrons. The summed E-state index contributed by atoms with van der Waals surface area (Å²) >= 11 is 0. The summed E-state index contributed by atoms with van der Waals surface area (Å²) in [6.07, 6.45) is 7.30. The molecule has 2 saturated heterocycles. The number of ether oxygens (including phenoxy) is 4. The minimum atomic E-state index is -3.85. The van der Waals surface area contributed by atoms with Crippen LogP contribution in [0.1, 0.15) is 119 Å². The number of allylic oxidation sites excluding steroid dienone is 1. The molecule has 8 N–H and O–H groups in total. The Morgan fingerprint density at radius 3 is 1.54 bits per heavy atom. The maximum atomic E-state index is 13.6. The molecule has 0 aromatic rings. The second-order valence-electron chi connectivity index (χ2n) is 23.4. The fourth-order valence-corrected chi connectivity index (χ4v) is 12.5. The first kappa shape index (κ1) is 60.2. The maximum absolute atomic E-state index is 13.6. The molecule has 8 amide bonds. The largest absolute Gasteiger partial charge is 0.444 e. The molecule has 0 aromatic carbocycles. The molecular formula is C50H76N8O18S2. The summed E-state index contributed by atoms with van der Waals surface area (Å²) in [6, 6.07) is -4.49. The van der Waals surface area contributed by atoms with E-state index >= 15 is 0 Å². The zero-order chi connectivity index (χ0) is 57.2. The van der Waals surface area contributed by atoms with Crippen molar-refractivity contribution in [1.29, 1.82) is 0 Å². The highest BCUT2D eigenvalue weighted by Crippen LogP contribution is 2.47. The van der Waals surface area contributed by atoms with Crippen LogP contribution in [0.15, 0.2) is 24.3 Å². The minimum absolute atomic E-state index is 0.0710. The molecule has 0 spiro atoms. The molecular weight excluding hydrogens is 1060 g/mol. The van der Waals surface area contributed by atoms with Gasteiger partial charge in [-0.25, -0.2) is 26.4 Å². The number of nitrogens with zero attached hydrogens (tertiary/aromatic N) is 2. The van der Waals surface area contributed by atoms with E-state index in [9.17, 15) is 65.4 Å². The van der Waals surface area contributed by atoms with Crippen LogP contribution in [0.5, 0.6) is 0 Å². The number of amides is 8. The standard InChI is InChI=1S/2C25H38N4O9S/c1-24(2,3)38-23(34)26-18-7-5-11-37-10-4-6-15-13-25(15,22(33)28-39(35,36)17-8-9-17)27-20(31)19-12-16(30)14-29(19)21(18)32;1-24(2,3)38-23(34)26-18-14-37-10-6-4-5-7-15-12-25(15,22(33)28-39(35,36)17-8-9-17)27-20(31)19-11-16(30)13-29(19)21(18)32/h4,6,15-19,30H,5,7-14H2,1-3H3,(H,26,34)(H,27,31)(H,28,33);5,7,15-19,30H,4,6,8-14H2,1-3H3,(H,26,34)(H,27,31)(H,28,33)/b6-4-;7-5-/t2*15-,16-,18+,19+,25-/m11/s1. The van der Waals surface area contributed by atoms with Gasteiger partial charge >= 0.3 is 12.2 Å². The molecule has 4 aliphatic carbocycles. The summed E-state index contributed by atoms with van der Waals surface area (Å²) in [5, 5.41) is 30.0. The lowest BCUT2D eigenvalue weighted by Crippen LogP contribution is -2.59. The van der Waals surface area contributed by atoms with Crippen molar-refractivity contribution in [2.45, 2.75) is 188 Å². The second-order valence-corrected chi connectivity index (χ2v) is 27.3. The summed E-state index contributed by atoms with van der Waals surface area (Å²) in [5.41, 5.74) is -4.60. The number of carbonyl (C=O) groups excluding carboxylic acids is 8. The van der Waals surface area contributed by atoms with E-state index in [-0.39, 0.29) is 71.6 Å². The van der Waals surface area contributed by atoms with E-state index in [0.29, 0.717) is 44.9 Å². The fraction of sp³-hybridized carbons (Fsp3) is 0.760. The van der Waals surface area contributed by atoms with E-state index in [1.165, 1.54) is 4.90 Å². The van der Waals surface area contributed by atoms with Crippen molar-refractivity contribution in [3.8, 4) is 0 Å². The summed E-state index contributed by atoms with van der Waals surface area (Å²) < 4.78 is 75.9. The van der Waals surface area contributed by atoms with Crippen LogP contribution < -0.4 is 30.7 Å². The van der Waals surface area contributed by atoms with Crippen molar-refractivity contribution in [2.75, 3.05) is 39.5 Å². The Labute approximate surface area is 454 Å². The van der Waals surface area contributed by atoms with Crippen molar-refractivity contribution in [3.63, 3.8) is 0 Å². The molecule has 4 heterocycles. The van der Waals surface area contributed by atoms with Gasteiger partial charge in [-0.15, -0.1) is 0 Å². The Morgan fingerprint density at radius 1 is 0.641 bits per heavy atom. The first-order valence-corrected chi connectivity index (χ1v) is 29.7. The lowest BCUT2D eigenvalue weighted by molar-refractivity contribution is -0.142. The predicted octanol–water partition coefficient (Wildman–Crippen LogP) is -0.617. The van der Waals surface area contributed by atoms with Gasteiger partial charge < -0.3 is 60.2 Å². The molecule has 4 aliphatic heterocycles. The third-order valence-electron chi connectivity index (χ3n) is 14.3. The van der Waals surface area contributed by atoms with E-state index < -0.39 is 149 Å². The number of rotatable bonds is 8. The number of aliphatic hydroxyl groups is 2. The lowest BCUT2D eigenvalue weighted by atomic mass is 10.1. The van der Waals surface area contributed by atoms with Gasteiger partial charge in [0.05, 0.1) is 35.9 Å². The van der Waals surface area contributed by atoms with Crippen molar-refractivity contribution in [1.82, 2.24) is 40.5 Å². The zero-order valence-electron chi connectivity index (χ0n) is 44.9. The Balaban J connectivity index is 0.000000226. The quantitative estimate of drug-likeness (QED) is 0.140. The molecule has 4 saturated carbocycles. The van der Waals surface area contributed by atoms with E-state index in [4.69, 9.17) is 18.9 Å². The van der Waals surface area contributed by atoms with E-state index in [1.54, 1.807) is 59.8 Å². The lowest BCUT2D eigenvalue weighted by Gasteiger charge is -2.30. The number of sulfonamides is 2. The number of fused-ring (bicyclic) bond motifs is 4. The highest BCUT2D eigenvalue weighted by atomic mass is 32.2. The second kappa shape index (κ2) is 23.7. The highest BCUT2D eigenvalue weighted by Gasteiger charge is 2.63. The number of alkyl carbamates (subject to hydrolysis) is 2. The summed E-state index contributed by atoms with van der Waals surface area (Å²) in [4.78, 5) is 108. The van der Waals surface area contributed by atoms with Crippen LogP contribution in [0.4, 0.5) is 9.59 Å². The number of nitrogens with one attached hydrogen (secondary N) is 6. The van der Waals surface area contributed by atoms with Crippen LogP contribution in [-0.4, -0.2) is 193 Å². The Bertz CT molecular complexity index is 2440. The molecule has 0 bridgehead atoms. The molecule has 26 nitrogen and oxygen atoms in total. The summed E-state index contributed by atoms with van der Waals surface area (Å²) in [7, 11) is -7.70.